The van der Waals surface area contributed by atoms with Gasteiger partial charge in [-0.15, -0.1) is 0 Å². The lowest BCUT2D eigenvalue weighted by Crippen LogP contribution is -2.31. The number of rotatable bonds is 5. The van der Waals surface area contributed by atoms with Gasteiger partial charge in [-0.25, -0.2) is 0 Å². The molecule has 0 amide bonds. The maximum absolute atomic E-state index is 6.12. The van der Waals surface area contributed by atoms with Gasteiger partial charge in [-0.3, -0.25) is 0 Å². The van der Waals surface area contributed by atoms with Gasteiger partial charge in [-0.2, -0.15) is 0 Å². The molecule has 1 rings (SSSR count). The van der Waals surface area contributed by atoms with Crippen molar-refractivity contribution in [3.05, 3.63) is 34.9 Å². The van der Waals surface area contributed by atoms with Gasteiger partial charge in [0.15, 0.2) is 0 Å². The summed E-state index contributed by atoms with van der Waals surface area (Å²) in [6.07, 6.45) is 6.03. The highest BCUT2D eigenvalue weighted by Crippen LogP contribution is 2.23. The quantitative estimate of drug-likeness (QED) is 0.864. The minimum atomic E-state index is -0.117. The summed E-state index contributed by atoms with van der Waals surface area (Å²) in [4.78, 5) is 0. The summed E-state index contributed by atoms with van der Waals surface area (Å²) in [5.41, 5.74) is 6.79. The Balaban J connectivity index is 2.60. The van der Waals surface area contributed by atoms with Gasteiger partial charge in [0.2, 0.25) is 0 Å². The van der Waals surface area contributed by atoms with Crippen LogP contribution in [0.5, 0.6) is 5.75 Å². The van der Waals surface area contributed by atoms with Crippen LogP contribution in [-0.2, 0) is 0 Å². The highest BCUT2D eigenvalue weighted by molar-refractivity contribution is 6.32. The fourth-order valence-electron chi connectivity index (χ4n) is 1.44. The van der Waals surface area contributed by atoms with Crippen LogP contribution in [0.1, 0.15) is 32.3 Å². The Morgan fingerprint density at radius 1 is 1.41 bits per heavy atom. The Kier molecular flexibility index (Phi) is 5.03. The molecule has 0 aliphatic rings. The molecule has 94 valence electrons. The second-order valence-corrected chi connectivity index (χ2v) is 5.22. The lowest BCUT2D eigenvalue weighted by Gasteiger charge is -2.16. The predicted octanol–water partition coefficient (Wildman–Crippen LogP) is 3.88. The van der Waals surface area contributed by atoms with Crippen molar-refractivity contribution in [2.24, 2.45) is 5.73 Å². The maximum Gasteiger partial charge on any atom is 0.120 e. The van der Waals surface area contributed by atoms with Crippen LogP contribution in [0, 0.1) is 0 Å². The lowest BCUT2D eigenvalue weighted by molar-refractivity contribution is 0.415. The van der Waals surface area contributed by atoms with E-state index < -0.39 is 0 Å². The number of halogens is 1. The zero-order chi connectivity index (χ0) is 12.9. The van der Waals surface area contributed by atoms with Crippen molar-refractivity contribution in [3.63, 3.8) is 0 Å². The summed E-state index contributed by atoms with van der Waals surface area (Å²) >= 11 is 6.12. The van der Waals surface area contributed by atoms with Crippen molar-refractivity contribution in [1.82, 2.24) is 0 Å². The van der Waals surface area contributed by atoms with Gasteiger partial charge >= 0.3 is 0 Å². The van der Waals surface area contributed by atoms with E-state index in [9.17, 15) is 0 Å². The van der Waals surface area contributed by atoms with E-state index in [1.165, 1.54) is 0 Å². The van der Waals surface area contributed by atoms with Gasteiger partial charge in [0.1, 0.15) is 5.75 Å². The lowest BCUT2D eigenvalue weighted by atomic mass is 10.00. The summed E-state index contributed by atoms with van der Waals surface area (Å²) in [7, 11) is 1.63. The van der Waals surface area contributed by atoms with Crippen LogP contribution < -0.4 is 10.5 Å². The Labute approximate surface area is 108 Å². The minimum absolute atomic E-state index is 0.117. The third-order valence-corrected chi connectivity index (χ3v) is 2.79. The van der Waals surface area contributed by atoms with Gasteiger partial charge in [0, 0.05) is 5.54 Å². The number of allylic oxidation sites excluding steroid dienone is 1. The zero-order valence-electron chi connectivity index (χ0n) is 10.7. The summed E-state index contributed by atoms with van der Waals surface area (Å²) in [6, 6.07) is 5.66. The molecular weight excluding hydrogens is 234 g/mol. The molecule has 0 saturated heterocycles. The smallest absolute Gasteiger partial charge is 0.120 e. The van der Waals surface area contributed by atoms with E-state index in [1.807, 2.05) is 38.1 Å². The molecule has 0 bridgehead atoms. The molecular formula is C14H20ClNO. The van der Waals surface area contributed by atoms with E-state index in [4.69, 9.17) is 22.1 Å². The first-order valence-electron chi connectivity index (χ1n) is 5.71. The number of hydrogen-bond acceptors (Lipinski definition) is 2. The second kappa shape index (κ2) is 6.08. The molecule has 0 saturated carbocycles. The van der Waals surface area contributed by atoms with E-state index in [1.54, 1.807) is 7.11 Å². The standard InChI is InChI=1S/C14H20ClNO/c1-14(2,16)9-5-4-6-11-7-8-12(17-3)10-13(11)15/h4,6-8,10H,5,9,16H2,1-3H3/b6-4+. The monoisotopic (exact) mass is 253 g/mol. The molecule has 1 aromatic carbocycles. The average molecular weight is 254 g/mol. The summed E-state index contributed by atoms with van der Waals surface area (Å²) in [5, 5.41) is 0.701. The molecule has 0 aromatic heterocycles. The van der Waals surface area contributed by atoms with Crippen molar-refractivity contribution in [3.8, 4) is 5.75 Å². The summed E-state index contributed by atoms with van der Waals surface area (Å²) in [5.74, 6) is 0.773. The van der Waals surface area contributed by atoms with Crippen LogP contribution in [0.2, 0.25) is 5.02 Å². The van der Waals surface area contributed by atoms with Crippen LogP contribution in [0.15, 0.2) is 24.3 Å². The Hall–Kier alpha value is -0.990. The van der Waals surface area contributed by atoms with E-state index >= 15 is 0 Å². The van der Waals surface area contributed by atoms with Crippen LogP contribution in [0.4, 0.5) is 0 Å². The van der Waals surface area contributed by atoms with Crippen molar-refractivity contribution in [2.45, 2.75) is 32.2 Å². The van der Waals surface area contributed by atoms with Crippen LogP contribution >= 0.6 is 11.6 Å². The van der Waals surface area contributed by atoms with E-state index in [0.717, 1.165) is 24.2 Å². The molecule has 17 heavy (non-hydrogen) atoms. The molecule has 0 aliphatic heterocycles. The van der Waals surface area contributed by atoms with Gasteiger partial charge in [0.05, 0.1) is 12.1 Å². The molecule has 0 fully saturated rings. The summed E-state index contributed by atoms with van der Waals surface area (Å²) in [6.45, 7) is 4.06. The predicted molar refractivity (Wildman–Crippen MR) is 74.5 cm³/mol. The van der Waals surface area contributed by atoms with Crippen LogP contribution in [0.25, 0.3) is 6.08 Å². The van der Waals surface area contributed by atoms with Crippen molar-refractivity contribution in [1.29, 1.82) is 0 Å². The SMILES string of the molecule is COc1ccc(/C=C/CCC(C)(C)N)c(Cl)c1. The minimum Gasteiger partial charge on any atom is -0.497 e. The van der Waals surface area contributed by atoms with Gasteiger partial charge in [-0.05, 0) is 50.5 Å². The van der Waals surface area contributed by atoms with Crippen molar-refractivity contribution in [2.75, 3.05) is 7.11 Å². The molecule has 2 N–H and O–H groups in total. The number of ether oxygens (including phenoxy) is 1. The Morgan fingerprint density at radius 2 is 2.12 bits per heavy atom. The van der Waals surface area contributed by atoms with E-state index in [0.29, 0.717) is 5.02 Å². The zero-order valence-corrected chi connectivity index (χ0v) is 11.4. The topological polar surface area (TPSA) is 35.2 Å². The first-order valence-corrected chi connectivity index (χ1v) is 6.09. The van der Waals surface area contributed by atoms with Crippen LogP contribution in [-0.4, -0.2) is 12.6 Å². The van der Waals surface area contributed by atoms with Crippen molar-refractivity contribution >= 4 is 17.7 Å². The first kappa shape index (κ1) is 14.1. The second-order valence-electron chi connectivity index (χ2n) is 4.82. The Morgan fingerprint density at radius 3 is 2.65 bits per heavy atom. The molecule has 0 atom stereocenters. The number of nitrogens with two attached hydrogens (primary N) is 1. The normalized spacial score (nSPS) is 12.1. The molecule has 0 aliphatic carbocycles. The molecule has 0 heterocycles. The largest absolute Gasteiger partial charge is 0.497 e. The highest BCUT2D eigenvalue weighted by atomic mass is 35.5. The number of hydrogen-bond donors (Lipinski definition) is 1. The van der Waals surface area contributed by atoms with E-state index in [-0.39, 0.29) is 5.54 Å². The van der Waals surface area contributed by atoms with E-state index in [2.05, 4.69) is 6.08 Å². The number of benzene rings is 1. The molecule has 2 nitrogen and oxygen atoms in total. The fraction of sp³-hybridized carbons (Fsp3) is 0.429. The third-order valence-electron chi connectivity index (χ3n) is 2.46. The molecule has 1 aromatic rings. The van der Waals surface area contributed by atoms with Gasteiger partial charge in [-0.1, -0.05) is 23.8 Å². The van der Waals surface area contributed by atoms with Crippen LogP contribution in [0.3, 0.4) is 0 Å². The Bertz CT molecular complexity index is 394. The molecule has 3 heteroatoms. The maximum atomic E-state index is 6.12. The summed E-state index contributed by atoms with van der Waals surface area (Å²) < 4.78 is 5.10. The fourth-order valence-corrected chi connectivity index (χ4v) is 1.67. The molecule has 0 radical (unpaired) electrons. The third kappa shape index (κ3) is 5.24. The van der Waals surface area contributed by atoms with Crippen molar-refractivity contribution < 1.29 is 4.74 Å². The van der Waals surface area contributed by atoms with Gasteiger partial charge < -0.3 is 10.5 Å². The first-order chi connectivity index (χ1) is 7.92. The van der Waals surface area contributed by atoms with Gasteiger partial charge in [0.25, 0.3) is 0 Å². The average Bonchev–Trinajstić information content (AvgIpc) is 2.24. The number of methoxy groups -OCH3 is 1. The molecule has 0 spiro atoms. The highest BCUT2D eigenvalue weighted by Gasteiger charge is 2.07. The molecule has 0 unspecified atom stereocenters.